The van der Waals surface area contributed by atoms with Crippen molar-refractivity contribution in [2.24, 2.45) is 0 Å². The van der Waals surface area contributed by atoms with Crippen molar-refractivity contribution >= 4 is 40.5 Å². The normalized spacial score (nSPS) is 10.3. The maximum absolute atomic E-state index is 13.2. The van der Waals surface area contributed by atoms with E-state index < -0.39 is 11.7 Å². The van der Waals surface area contributed by atoms with Crippen LogP contribution in [-0.2, 0) is 0 Å². The van der Waals surface area contributed by atoms with Crippen LogP contribution in [0.15, 0.2) is 30.5 Å². The molecule has 0 radical (unpaired) electrons. The summed E-state index contributed by atoms with van der Waals surface area (Å²) >= 11 is 11.3. The van der Waals surface area contributed by atoms with Gasteiger partial charge >= 0.3 is 0 Å². The monoisotopic (exact) mass is 299 g/mol. The summed E-state index contributed by atoms with van der Waals surface area (Å²) in [4.78, 5) is 15.7. The molecule has 0 fully saturated rings. The minimum atomic E-state index is -0.628. The van der Waals surface area contributed by atoms with E-state index in [0.29, 0.717) is 5.69 Å². The molecule has 0 aliphatic rings. The number of nitrogen functional groups attached to an aromatic ring is 1. The molecule has 0 saturated heterocycles. The number of pyridine rings is 1. The van der Waals surface area contributed by atoms with E-state index >= 15 is 0 Å². The van der Waals surface area contributed by atoms with Crippen LogP contribution < -0.4 is 11.1 Å². The molecule has 0 spiro atoms. The summed E-state index contributed by atoms with van der Waals surface area (Å²) in [5.41, 5.74) is 6.19. The van der Waals surface area contributed by atoms with Crippen LogP contribution in [0.4, 0.5) is 15.8 Å². The first-order chi connectivity index (χ1) is 8.97. The zero-order valence-electron chi connectivity index (χ0n) is 9.45. The number of anilines is 2. The number of nitrogens with two attached hydrogens (primary N) is 1. The highest BCUT2D eigenvalue weighted by atomic mass is 35.5. The second-order valence-electron chi connectivity index (χ2n) is 3.69. The van der Waals surface area contributed by atoms with E-state index in [1.165, 1.54) is 24.4 Å². The largest absolute Gasteiger partial charge is 0.397 e. The van der Waals surface area contributed by atoms with Crippen LogP contribution in [0.5, 0.6) is 0 Å². The summed E-state index contributed by atoms with van der Waals surface area (Å²) in [5.74, 6) is -1.16. The van der Waals surface area contributed by atoms with Gasteiger partial charge in [0.2, 0.25) is 0 Å². The maximum Gasteiger partial charge on any atom is 0.258 e. The fraction of sp³-hybridized carbons (Fsp3) is 0. The van der Waals surface area contributed by atoms with Gasteiger partial charge < -0.3 is 11.1 Å². The van der Waals surface area contributed by atoms with Crippen molar-refractivity contribution in [3.8, 4) is 0 Å². The molecule has 2 aromatic rings. The van der Waals surface area contributed by atoms with Gasteiger partial charge in [-0.25, -0.2) is 9.37 Å². The lowest BCUT2D eigenvalue weighted by Crippen LogP contribution is -2.13. The fourth-order valence-corrected chi connectivity index (χ4v) is 1.70. The number of nitrogens with one attached hydrogen (secondary N) is 1. The minimum absolute atomic E-state index is 0.0149. The number of carbonyl (C=O) groups excluding carboxylic acids is 1. The first kappa shape index (κ1) is 13.6. The minimum Gasteiger partial charge on any atom is -0.397 e. The van der Waals surface area contributed by atoms with Crippen molar-refractivity contribution in [3.63, 3.8) is 0 Å². The number of halogens is 3. The highest BCUT2D eigenvalue weighted by molar-refractivity contribution is 6.33. The maximum atomic E-state index is 13.2. The van der Waals surface area contributed by atoms with Gasteiger partial charge in [0.25, 0.3) is 5.91 Å². The number of hydrogen-bond acceptors (Lipinski definition) is 3. The molecule has 98 valence electrons. The van der Waals surface area contributed by atoms with Gasteiger partial charge in [0.05, 0.1) is 22.5 Å². The number of amides is 1. The quantitative estimate of drug-likeness (QED) is 0.836. The van der Waals surface area contributed by atoms with Crippen molar-refractivity contribution in [1.29, 1.82) is 0 Å². The fourth-order valence-electron chi connectivity index (χ4n) is 1.40. The molecule has 3 N–H and O–H groups in total. The van der Waals surface area contributed by atoms with E-state index in [4.69, 9.17) is 28.9 Å². The predicted octanol–water partition coefficient (Wildman–Crippen LogP) is 3.36. The number of aromatic nitrogens is 1. The van der Waals surface area contributed by atoms with E-state index in [1.807, 2.05) is 0 Å². The van der Waals surface area contributed by atoms with Crippen LogP contribution in [0.25, 0.3) is 0 Å². The lowest BCUT2D eigenvalue weighted by Gasteiger charge is -2.07. The summed E-state index contributed by atoms with van der Waals surface area (Å²) in [6.45, 7) is 0. The lowest BCUT2D eigenvalue weighted by molar-refractivity contribution is 0.102. The van der Waals surface area contributed by atoms with Gasteiger partial charge in [-0.3, -0.25) is 4.79 Å². The van der Waals surface area contributed by atoms with Crippen LogP contribution in [0, 0.1) is 5.82 Å². The Morgan fingerprint density at radius 2 is 2.05 bits per heavy atom. The molecule has 1 aromatic carbocycles. The van der Waals surface area contributed by atoms with Gasteiger partial charge in [0, 0.05) is 5.69 Å². The molecular weight excluding hydrogens is 292 g/mol. The van der Waals surface area contributed by atoms with Gasteiger partial charge in [-0.15, -0.1) is 0 Å². The zero-order chi connectivity index (χ0) is 14.0. The van der Waals surface area contributed by atoms with E-state index in [1.54, 1.807) is 0 Å². The molecule has 4 nitrogen and oxygen atoms in total. The third kappa shape index (κ3) is 3.13. The molecule has 1 amide bonds. The van der Waals surface area contributed by atoms with E-state index in [9.17, 15) is 9.18 Å². The molecule has 0 unspecified atom stereocenters. The standard InChI is InChI=1S/C12H8Cl2FN3O/c13-9-2-1-7(4-10(9)15)18-12(19)8-3-6(16)5-17-11(8)14/h1-5H,16H2,(H,18,19). The number of benzene rings is 1. The summed E-state index contributed by atoms with van der Waals surface area (Å²) in [5, 5.41) is 2.47. The van der Waals surface area contributed by atoms with Gasteiger partial charge in [-0.1, -0.05) is 23.2 Å². The summed E-state index contributed by atoms with van der Waals surface area (Å²) in [7, 11) is 0. The topological polar surface area (TPSA) is 68.0 Å². The first-order valence-electron chi connectivity index (χ1n) is 5.15. The predicted molar refractivity (Wildman–Crippen MR) is 73.0 cm³/mol. The molecule has 0 aliphatic heterocycles. The summed E-state index contributed by atoms with van der Waals surface area (Å²) in [6, 6.07) is 5.30. The molecular formula is C12H8Cl2FN3O. The highest BCUT2D eigenvalue weighted by Gasteiger charge is 2.13. The zero-order valence-corrected chi connectivity index (χ0v) is 11.0. The molecule has 1 heterocycles. The van der Waals surface area contributed by atoms with Crippen molar-refractivity contribution in [3.05, 3.63) is 52.0 Å². The second-order valence-corrected chi connectivity index (χ2v) is 4.46. The molecule has 1 aromatic heterocycles. The lowest BCUT2D eigenvalue weighted by atomic mass is 10.2. The van der Waals surface area contributed by atoms with Gasteiger partial charge in [-0.05, 0) is 24.3 Å². The van der Waals surface area contributed by atoms with E-state index in [0.717, 1.165) is 6.07 Å². The Kier molecular flexibility index (Phi) is 3.87. The Morgan fingerprint density at radius 1 is 1.32 bits per heavy atom. The van der Waals surface area contributed by atoms with Crippen LogP contribution in [0.2, 0.25) is 10.2 Å². The number of hydrogen-bond donors (Lipinski definition) is 2. The molecule has 2 rings (SSSR count). The molecule has 0 aliphatic carbocycles. The SMILES string of the molecule is Nc1cnc(Cl)c(C(=O)Nc2ccc(Cl)c(F)c2)c1. The van der Waals surface area contributed by atoms with Gasteiger partial charge in [0.15, 0.2) is 0 Å². The van der Waals surface area contributed by atoms with Gasteiger partial charge in [-0.2, -0.15) is 0 Å². The number of rotatable bonds is 2. The average molecular weight is 300 g/mol. The molecule has 19 heavy (non-hydrogen) atoms. The average Bonchev–Trinajstić information content (AvgIpc) is 2.36. The number of nitrogens with zero attached hydrogens (tertiary/aromatic N) is 1. The van der Waals surface area contributed by atoms with Crippen LogP contribution >= 0.6 is 23.2 Å². The highest BCUT2D eigenvalue weighted by Crippen LogP contribution is 2.21. The van der Waals surface area contributed by atoms with Crippen molar-refractivity contribution in [2.45, 2.75) is 0 Å². The summed E-state index contributed by atoms with van der Waals surface area (Å²) in [6.07, 6.45) is 1.33. The third-order valence-corrected chi connectivity index (χ3v) is 2.89. The van der Waals surface area contributed by atoms with Crippen molar-refractivity contribution < 1.29 is 9.18 Å². The Labute approximate surface area is 118 Å². The molecule has 0 saturated carbocycles. The Morgan fingerprint density at radius 3 is 2.74 bits per heavy atom. The molecule has 7 heteroatoms. The smallest absolute Gasteiger partial charge is 0.258 e. The number of carbonyl (C=O) groups is 1. The van der Waals surface area contributed by atoms with E-state index in [2.05, 4.69) is 10.3 Å². The Bertz CT molecular complexity index is 649. The van der Waals surface area contributed by atoms with Crippen molar-refractivity contribution in [2.75, 3.05) is 11.1 Å². The van der Waals surface area contributed by atoms with E-state index in [-0.39, 0.29) is 21.4 Å². The third-order valence-electron chi connectivity index (χ3n) is 2.28. The van der Waals surface area contributed by atoms with Crippen molar-refractivity contribution in [1.82, 2.24) is 4.98 Å². The van der Waals surface area contributed by atoms with Crippen LogP contribution in [-0.4, -0.2) is 10.9 Å². The van der Waals surface area contributed by atoms with Crippen LogP contribution in [0.1, 0.15) is 10.4 Å². The molecule has 0 bridgehead atoms. The Balaban J connectivity index is 2.25. The second kappa shape index (κ2) is 5.42. The summed E-state index contributed by atoms with van der Waals surface area (Å²) < 4.78 is 13.2. The Hall–Kier alpha value is -1.85. The van der Waals surface area contributed by atoms with Gasteiger partial charge in [0.1, 0.15) is 11.0 Å². The van der Waals surface area contributed by atoms with Crippen LogP contribution in [0.3, 0.4) is 0 Å². The first-order valence-corrected chi connectivity index (χ1v) is 5.90. The molecule has 0 atom stereocenters.